The zero-order valence-electron chi connectivity index (χ0n) is 12.1. The molecule has 0 unspecified atom stereocenters. The maximum absolute atomic E-state index is 11.2. The molecular weight excluding hydrogens is 294 g/mol. The summed E-state index contributed by atoms with van der Waals surface area (Å²) in [4.78, 5) is 11.2. The van der Waals surface area contributed by atoms with E-state index >= 15 is 0 Å². The fourth-order valence-electron chi connectivity index (χ4n) is 2.50. The molecular formula is C13H18ClN5O2. The zero-order valence-corrected chi connectivity index (χ0v) is 12.9. The SMILES string of the molecule is CC(C)(C)Nc1n[nH]c2c1-c1n[nH]c(C(=O)O)c1CC2.Cl. The summed E-state index contributed by atoms with van der Waals surface area (Å²) in [5, 5.41) is 26.6. The molecule has 2 heterocycles. The Labute approximate surface area is 127 Å². The molecule has 8 heteroatoms. The van der Waals surface area contributed by atoms with E-state index < -0.39 is 5.97 Å². The molecule has 1 aliphatic rings. The van der Waals surface area contributed by atoms with E-state index in [1.807, 2.05) is 20.8 Å². The molecule has 0 spiro atoms. The number of anilines is 1. The number of hydrogen-bond acceptors (Lipinski definition) is 4. The maximum atomic E-state index is 11.2. The number of carboxylic acid groups (broad SMARTS) is 1. The highest BCUT2D eigenvalue weighted by molar-refractivity contribution is 5.91. The highest BCUT2D eigenvalue weighted by Gasteiger charge is 2.30. The van der Waals surface area contributed by atoms with Gasteiger partial charge in [0.25, 0.3) is 0 Å². The number of carbonyl (C=O) groups is 1. The summed E-state index contributed by atoms with van der Waals surface area (Å²) in [7, 11) is 0. The molecule has 2 aromatic heterocycles. The van der Waals surface area contributed by atoms with Crippen molar-refractivity contribution in [1.29, 1.82) is 0 Å². The summed E-state index contributed by atoms with van der Waals surface area (Å²) in [6, 6.07) is 0. The Kier molecular flexibility index (Phi) is 3.71. The fraction of sp³-hybridized carbons (Fsp3) is 0.462. The number of fused-ring (bicyclic) bond motifs is 3. The van der Waals surface area contributed by atoms with Crippen molar-refractivity contribution in [2.75, 3.05) is 5.32 Å². The van der Waals surface area contributed by atoms with Crippen LogP contribution < -0.4 is 5.32 Å². The second-order valence-corrected chi connectivity index (χ2v) is 6.03. The molecule has 0 saturated heterocycles. The summed E-state index contributed by atoms with van der Waals surface area (Å²) >= 11 is 0. The number of nitrogens with zero attached hydrogens (tertiary/aromatic N) is 2. The largest absolute Gasteiger partial charge is 0.477 e. The van der Waals surface area contributed by atoms with Crippen LogP contribution in [-0.2, 0) is 12.8 Å². The monoisotopic (exact) mass is 311 g/mol. The van der Waals surface area contributed by atoms with Crippen molar-refractivity contribution in [3.8, 4) is 11.3 Å². The van der Waals surface area contributed by atoms with E-state index in [9.17, 15) is 9.90 Å². The van der Waals surface area contributed by atoms with Gasteiger partial charge in [0.1, 0.15) is 11.4 Å². The standard InChI is InChI=1S/C13H17N5O2.ClH/c1-13(2,3)14-11-8-7(15-18-11)5-4-6-9(8)16-17-10(6)12(19)20;/h4-5H2,1-3H3,(H,16,17)(H,19,20)(H2,14,15,18);1H. The van der Waals surface area contributed by atoms with Gasteiger partial charge in [0.05, 0.1) is 5.56 Å². The number of H-pyrrole nitrogens is 2. The number of aromatic amines is 2. The molecule has 7 nitrogen and oxygen atoms in total. The van der Waals surface area contributed by atoms with Crippen LogP contribution in [0.1, 0.15) is 42.5 Å². The lowest BCUT2D eigenvalue weighted by molar-refractivity contribution is 0.0689. The van der Waals surface area contributed by atoms with Gasteiger partial charge < -0.3 is 10.4 Å². The van der Waals surface area contributed by atoms with Crippen molar-refractivity contribution in [3.05, 3.63) is 17.0 Å². The second kappa shape index (κ2) is 5.07. The second-order valence-electron chi connectivity index (χ2n) is 6.03. The molecule has 0 aliphatic heterocycles. The smallest absolute Gasteiger partial charge is 0.354 e. The van der Waals surface area contributed by atoms with E-state index in [1.54, 1.807) is 0 Å². The van der Waals surface area contributed by atoms with Gasteiger partial charge in [0, 0.05) is 16.8 Å². The molecule has 4 N–H and O–H groups in total. The highest BCUT2D eigenvalue weighted by atomic mass is 35.5. The molecule has 0 amide bonds. The summed E-state index contributed by atoms with van der Waals surface area (Å²) in [6.45, 7) is 6.14. The highest BCUT2D eigenvalue weighted by Crippen LogP contribution is 2.38. The quantitative estimate of drug-likeness (QED) is 0.680. The Bertz CT molecular complexity index is 683. The van der Waals surface area contributed by atoms with Crippen LogP contribution in [0.4, 0.5) is 5.82 Å². The number of aromatic carboxylic acids is 1. The summed E-state index contributed by atoms with van der Waals surface area (Å²) in [6.07, 6.45) is 1.39. The first-order valence-electron chi connectivity index (χ1n) is 6.53. The number of halogens is 1. The van der Waals surface area contributed by atoms with Gasteiger partial charge in [-0.2, -0.15) is 10.2 Å². The van der Waals surface area contributed by atoms with E-state index in [0.717, 1.165) is 29.1 Å². The van der Waals surface area contributed by atoms with Crippen LogP contribution >= 0.6 is 12.4 Å². The molecule has 3 rings (SSSR count). The topological polar surface area (TPSA) is 107 Å². The molecule has 1 aliphatic carbocycles. The van der Waals surface area contributed by atoms with Crippen molar-refractivity contribution >= 4 is 24.2 Å². The Morgan fingerprint density at radius 1 is 1.24 bits per heavy atom. The Morgan fingerprint density at radius 3 is 2.57 bits per heavy atom. The maximum Gasteiger partial charge on any atom is 0.354 e. The summed E-state index contributed by atoms with van der Waals surface area (Å²) in [5.74, 6) is -0.257. The lowest BCUT2D eigenvalue weighted by Crippen LogP contribution is -2.26. The molecule has 0 bridgehead atoms. The Balaban J connectivity index is 0.00000161. The average molecular weight is 312 g/mol. The minimum atomic E-state index is -0.976. The first-order chi connectivity index (χ1) is 9.37. The molecule has 0 atom stereocenters. The van der Waals surface area contributed by atoms with Crippen LogP contribution in [0.15, 0.2) is 0 Å². The summed E-state index contributed by atoms with van der Waals surface area (Å²) < 4.78 is 0. The van der Waals surface area contributed by atoms with Crippen LogP contribution in [0.25, 0.3) is 11.3 Å². The lowest BCUT2D eigenvalue weighted by Gasteiger charge is -2.22. The molecule has 0 radical (unpaired) electrons. The number of hydrogen-bond donors (Lipinski definition) is 4. The van der Waals surface area contributed by atoms with Crippen LogP contribution in [0.3, 0.4) is 0 Å². The van der Waals surface area contributed by atoms with Gasteiger partial charge >= 0.3 is 5.97 Å². The van der Waals surface area contributed by atoms with Crippen LogP contribution in [0.5, 0.6) is 0 Å². The molecule has 0 fully saturated rings. The van der Waals surface area contributed by atoms with Gasteiger partial charge in [-0.25, -0.2) is 4.79 Å². The average Bonchev–Trinajstić information content (AvgIpc) is 2.90. The third kappa shape index (κ3) is 2.61. The number of aromatic nitrogens is 4. The van der Waals surface area contributed by atoms with Gasteiger partial charge in [0.15, 0.2) is 5.82 Å². The van der Waals surface area contributed by atoms with Crippen molar-refractivity contribution in [2.24, 2.45) is 0 Å². The Hall–Kier alpha value is -2.02. The predicted octanol–water partition coefficient (Wildman–Crippen LogP) is 2.23. The molecule has 21 heavy (non-hydrogen) atoms. The summed E-state index contributed by atoms with van der Waals surface area (Å²) in [5.41, 5.74) is 3.35. The predicted molar refractivity (Wildman–Crippen MR) is 81.2 cm³/mol. The van der Waals surface area contributed by atoms with Crippen molar-refractivity contribution in [1.82, 2.24) is 20.4 Å². The molecule has 0 saturated carbocycles. The van der Waals surface area contributed by atoms with E-state index in [-0.39, 0.29) is 23.6 Å². The van der Waals surface area contributed by atoms with Crippen molar-refractivity contribution < 1.29 is 9.90 Å². The first-order valence-corrected chi connectivity index (χ1v) is 6.53. The molecule has 114 valence electrons. The normalized spacial score (nSPS) is 13.1. The van der Waals surface area contributed by atoms with Gasteiger partial charge in [-0.1, -0.05) is 0 Å². The van der Waals surface area contributed by atoms with Crippen molar-refractivity contribution in [3.63, 3.8) is 0 Å². The van der Waals surface area contributed by atoms with E-state index in [2.05, 4.69) is 25.7 Å². The molecule has 0 aromatic carbocycles. The zero-order chi connectivity index (χ0) is 14.5. The van der Waals surface area contributed by atoms with Crippen LogP contribution in [0, 0.1) is 0 Å². The van der Waals surface area contributed by atoms with Crippen LogP contribution in [-0.4, -0.2) is 37.0 Å². The minimum absolute atomic E-state index is 0. The lowest BCUT2D eigenvalue weighted by atomic mass is 9.93. The number of carboxylic acids is 1. The van der Waals surface area contributed by atoms with Gasteiger partial charge in [0.2, 0.25) is 0 Å². The van der Waals surface area contributed by atoms with E-state index in [1.165, 1.54) is 0 Å². The Morgan fingerprint density at radius 2 is 1.95 bits per heavy atom. The van der Waals surface area contributed by atoms with Gasteiger partial charge in [-0.3, -0.25) is 10.2 Å². The van der Waals surface area contributed by atoms with E-state index in [0.29, 0.717) is 12.1 Å². The number of aryl methyl sites for hydroxylation is 1. The van der Waals surface area contributed by atoms with Crippen molar-refractivity contribution in [2.45, 2.75) is 39.2 Å². The van der Waals surface area contributed by atoms with Crippen LogP contribution in [0.2, 0.25) is 0 Å². The molecule has 2 aromatic rings. The number of rotatable bonds is 2. The fourth-order valence-corrected chi connectivity index (χ4v) is 2.50. The number of nitrogens with one attached hydrogen (secondary N) is 3. The third-order valence-corrected chi connectivity index (χ3v) is 3.28. The van der Waals surface area contributed by atoms with Gasteiger partial charge in [-0.05, 0) is 33.6 Å². The minimum Gasteiger partial charge on any atom is -0.477 e. The van der Waals surface area contributed by atoms with Gasteiger partial charge in [-0.15, -0.1) is 12.4 Å². The van der Waals surface area contributed by atoms with E-state index in [4.69, 9.17) is 0 Å². The first kappa shape index (κ1) is 15.4. The third-order valence-electron chi connectivity index (χ3n) is 3.28.